The molecule has 2 amide bonds. The van der Waals surface area contributed by atoms with E-state index in [1.165, 1.54) is 28.7 Å². The van der Waals surface area contributed by atoms with E-state index in [-0.39, 0.29) is 11.8 Å². The number of carbonyl (C=O) groups is 2. The van der Waals surface area contributed by atoms with Gasteiger partial charge in [0, 0.05) is 48.3 Å². The minimum atomic E-state index is -0.144. The highest BCUT2D eigenvalue weighted by molar-refractivity contribution is 7.18. The van der Waals surface area contributed by atoms with Crippen molar-refractivity contribution < 1.29 is 9.59 Å². The number of hydrogen-bond acceptors (Lipinski definition) is 7. The lowest BCUT2D eigenvalue weighted by Crippen LogP contribution is -2.27. The molecule has 9 heteroatoms. The average Bonchev–Trinajstić information content (AvgIpc) is 3.17. The van der Waals surface area contributed by atoms with Crippen molar-refractivity contribution in [2.24, 2.45) is 0 Å². The van der Waals surface area contributed by atoms with Crippen molar-refractivity contribution in [1.29, 1.82) is 0 Å². The maximum Gasteiger partial charge on any atom is 0.226 e. The van der Waals surface area contributed by atoms with Crippen LogP contribution in [0.15, 0.2) is 5.38 Å². The normalized spacial score (nSPS) is 13.5. The summed E-state index contributed by atoms with van der Waals surface area (Å²) in [7, 11) is 0. The van der Waals surface area contributed by atoms with Crippen LogP contribution < -0.4 is 21.3 Å². The highest BCUT2D eigenvalue weighted by atomic mass is 32.1. The number of nitrogens with one attached hydrogen (secondary N) is 4. The molecule has 0 spiro atoms. The van der Waals surface area contributed by atoms with Crippen LogP contribution in [0.1, 0.15) is 37.6 Å². The Balaban J connectivity index is 1.83. The summed E-state index contributed by atoms with van der Waals surface area (Å²) in [6, 6.07) is 0.357. The number of hydrogen-bond donors (Lipinski definition) is 4. The second-order valence-corrected chi connectivity index (χ2v) is 8.72. The Morgan fingerprint density at radius 2 is 2.15 bits per heavy atom. The van der Waals surface area contributed by atoms with E-state index in [9.17, 15) is 9.59 Å². The van der Waals surface area contributed by atoms with E-state index >= 15 is 0 Å². The number of thiazole rings is 1. The van der Waals surface area contributed by atoms with Gasteiger partial charge in [-0.2, -0.15) is 0 Å². The molecule has 3 rings (SSSR count). The zero-order chi connectivity index (χ0) is 19.4. The van der Waals surface area contributed by atoms with Crippen LogP contribution in [0.4, 0.5) is 10.8 Å². The summed E-state index contributed by atoms with van der Waals surface area (Å²) in [4.78, 5) is 29.5. The van der Waals surface area contributed by atoms with Crippen molar-refractivity contribution in [3.8, 4) is 10.6 Å². The van der Waals surface area contributed by atoms with Gasteiger partial charge >= 0.3 is 0 Å². The third-order valence-electron chi connectivity index (χ3n) is 4.11. The van der Waals surface area contributed by atoms with Crippen LogP contribution in [0, 0.1) is 0 Å². The standard InChI is InChI=1S/C18H25N5O2S2/c1-10(2)20-7-5-15(25)23-18-16(12-4-6-19-8-13(12)27-18)17-22-14(9-26-17)21-11(3)24/h9-10,19-20H,4-8H2,1-3H3,(H,21,24)(H,23,25). The predicted octanol–water partition coefficient (Wildman–Crippen LogP) is 2.80. The van der Waals surface area contributed by atoms with Gasteiger partial charge in [-0.15, -0.1) is 22.7 Å². The smallest absolute Gasteiger partial charge is 0.226 e. The third-order valence-corrected chi connectivity index (χ3v) is 6.12. The molecule has 0 unspecified atom stereocenters. The van der Waals surface area contributed by atoms with Gasteiger partial charge in [0.2, 0.25) is 11.8 Å². The molecule has 4 N–H and O–H groups in total. The number of aromatic nitrogens is 1. The molecular weight excluding hydrogens is 382 g/mol. The van der Waals surface area contributed by atoms with Crippen LogP contribution in [-0.4, -0.2) is 35.9 Å². The predicted molar refractivity (Wildman–Crippen MR) is 112 cm³/mol. The summed E-state index contributed by atoms with van der Waals surface area (Å²) in [6.45, 7) is 7.95. The maximum absolute atomic E-state index is 12.4. The summed E-state index contributed by atoms with van der Waals surface area (Å²) < 4.78 is 0. The molecule has 2 aromatic rings. The average molecular weight is 408 g/mol. The molecule has 0 aliphatic carbocycles. The van der Waals surface area contributed by atoms with E-state index in [1.54, 1.807) is 11.3 Å². The molecule has 0 aromatic carbocycles. The fourth-order valence-electron chi connectivity index (χ4n) is 2.94. The van der Waals surface area contributed by atoms with Crippen molar-refractivity contribution in [1.82, 2.24) is 15.6 Å². The molecule has 146 valence electrons. The summed E-state index contributed by atoms with van der Waals surface area (Å²) in [5.74, 6) is 0.402. The van der Waals surface area contributed by atoms with Crippen molar-refractivity contribution in [3.63, 3.8) is 0 Å². The topological polar surface area (TPSA) is 95.2 Å². The third kappa shape index (κ3) is 5.13. The second kappa shape index (κ2) is 8.92. The number of thiophene rings is 1. The fourth-order valence-corrected chi connectivity index (χ4v) is 5.07. The molecule has 0 radical (unpaired) electrons. The highest BCUT2D eigenvalue weighted by Gasteiger charge is 2.24. The number of anilines is 2. The van der Waals surface area contributed by atoms with Gasteiger partial charge in [0.05, 0.1) is 0 Å². The summed E-state index contributed by atoms with van der Waals surface area (Å²) >= 11 is 3.09. The Bertz CT molecular complexity index is 828. The van der Waals surface area contributed by atoms with Crippen molar-refractivity contribution in [2.45, 2.75) is 46.2 Å². The van der Waals surface area contributed by atoms with E-state index in [0.717, 1.165) is 35.1 Å². The monoisotopic (exact) mass is 407 g/mol. The Morgan fingerprint density at radius 1 is 1.33 bits per heavy atom. The minimum absolute atomic E-state index is 0.00500. The molecule has 0 saturated heterocycles. The second-order valence-electron chi connectivity index (χ2n) is 6.76. The molecule has 0 atom stereocenters. The quantitative estimate of drug-likeness (QED) is 0.566. The van der Waals surface area contributed by atoms with Gasteiger partial charge in [-0.3, -0.25) is 9.59 Å². The number of fused-ring (bicyclic) bond motifs is 1. The molecule has 2 aromatic heterocycles. The van der Waals surface area contributed by atoms with Gasteiger partial charge < -0.3 is 21.3 Å². The lowest BCUT2D eigenvalue weighted by molar-refractivity contribution is -0.116. The molecule has 0 saturated carbocycles. The summed E-state index contributed by atoms with van der Waals surface area (Å²) in [5, 5.41) is 16.0. The number of amides is 2. The number of carbonyl (C=O) groups excluding carboxylic acids is 2. The van der Waals surface area contributed by atoms with Crippen molar-refractivity contribution >= 4 is 45.3 Å². The van der Waals surface area contributed by atoms with Crippen molar-refractivity contribution in [3.05, 3.63) is 15.8 Å². The van der Waals surface area contributed by atoms with Gasteiger partial charge in [-0.05, 0) is 18.5 Å². The van der Waals surface area contributed by atoms with Crippen LogP contribution in [0.3, 0.4) is 0 Å². The van der Waals surface area contributed by atoms with Crippen LogP contribution in [-0.2, 0) is 22.6 Å². The van der Waals surface area contributed by atoms with Gasteiger partial charge in [0.15, 0.2) is 0 Å². The molecular formula is C18H25N5O2S2. The van der Waals surface area contributed by atoms with Gasteiger partial charge in [-0.25, -0.2) is 4.98 Å². The van der Waals surface area contributed by atoms with E-state index in [2.05, 4.69) is 40.1 Å². The molecule has 1 aliphatic heterocycles. The summed E-state index contributed by atoms with van der Waals surface area (Å²) in [6.07, 6.45) is 1.33. The zero-order valence-electron chi connectivity index (χ0n) is 15.8. The molecule has 7 nitrogen and oxygen atoms in total. The Morgan fingerprint density at radius 3 is 2.89 bits per heavy atom. The highest BCUT2D eigenvalue weighted by Crippen LogP contribution is 2.43. The van der Waals surface area contributed by atoms with Crippen LogP contribution in [0.25, 0.3) is 10.6 Å². The molecule has 1 aliphatic rings. The van der Waals surface area contributed by atoms with E-state index in [0.29, 0.717) is 24.8 Å². The summed E-state index contributed by atoms with van der Waals surface area (Å²) in [5.41, 5.74) is 2.25. The van der Waals surface area contributed by atoms with E-state index in [4.69, 9.17) is 0 Å². The van der Waals surface area contributed by atoms with Crippen LogP contribution >= 0.6 is 22.7 Å². The first-order chi connectivity index (χ1) is 12.9. The lowest BCUT2D eigenvalue weighted by Gasteiger charge is -2.13. The Kier molecular flexibility index (Phi) is 6.59. The maximum atomic E-state index is 12.4. The molecule has 0 bridgehead atoms. The SMILES string of the molecule is CC(=O)Nc1csc(-c2c(NC(=O)CCNC(C)C)sc3c2CCNC3)n1. The number of nitrogens with zero attached hydrogens (tertiary/aromatic N) is 1. The fraction of sp³-hybridized carbons (Fsp3) is 0.500. The Labute approximate surface area is 167 Å². The molecule has 27 heavy (non-hydrogen) atoms. The van der Waals surface area contributed by atoms with Crippen LogP contribution in [0.5, 0.6) is 0 Å². The van der Waals surface area contributed by atoms with Gasteiger partial charge in [-0.1, -0.05) is 13.8 Å². The molecule has 0 fully saturated rings. The van der Waals surface area contributed by atoms with Crippen molar-refractivity contribution in [2.75, 3.05) is 23.7 Å². The zero-order valence-corrected chi connectivity index (χ0v) is 17.4. The largest absolute Gasteiger partial charge is 0.317 e. The van der Waals surface area contributed by atoms with E-state index in [1.807, 2.05) is 5.38 Å². The minimum Gasteiger partial charge on any atom is -0.317 e. The first-order valence-corrected chi connectivity index (χ1v) is 10.8. The van der Waals surface area contributed by atoms with Gasteiger partial charge in [0.1, 0.15) is 15.8 Å². The number of rotatable bonds is 7. The lowest BCUT2D eigenvalue weighted by atomic mass is 10.0. The van der Waals surface area contributed by atoms with Crippen LogP contribution in [0.2, 0.25) is 0 Å². The first kappa shape index (κ1) is 19.9. The Hall–Kier alpha value is -1.81. The van der Waals surface area contributed by atoms with E-state index < -0.39 is 0 Å². The van der Waals surface area contributed by atoms with Gasteiger partial charge in [0.25, 0.3) is 0 Å². The first-order valence-electron chi connectivity index (χ1n) is 9.06. The molecule has 3 heterocycles.